The fraction of sp³-hybridized carbons (Fsp3) is 0.476. The summed E-state index contributed by atoms with van der Waals surface area (Å²) in [4.78, 5) is 17.1. The smallest absolute Gasteiger partial charge is 0.270 e. The summed E-state index contributed by atoms with van der Waals surface area (Å²) in [5.74, 6) is -0.172. The van der Waals surface area contributed by atoms with Crippen molar-refractivity contribution in [1.82, 2.24) is 13.8 Å². The molecule has 2 aromatic rings. The van der Waals surface area contributed by atoms with Gasteiger partial charge in [-0.15, -0.1) is 0 Å². The maximum Gasteiger partial charge on any atom is 0.270 e. The molecule has 29 heavy (non-hydrogen) atoms. The number of anilines is 1. The number of benzene rings is 1. The predicted molar refractivity (Wildman–Crippen MR) is 115 cm³/mol. The van der Waals surface area contributed by atoms with E-state index in [2.05, 4.69) is 0 Å². The maximum absolute atomic E-state index is 13.1. The van der Waals surface area contributed by atoms with E-state index >= 15 is 0 Å². The molecule has 0 aliphatic carbocycles. The molecule has 0 bridgehead atoms. The molecule has 0 atom stereocenters. The van der Waals surface area contributed by atoms with Gasteiger partial charge in [0.15, 0.2) is 0 Å². The van der Waals surface area contributed by atoms with E-state index in [0.29, 0.717) is 31.9 Å². The lowest BCUT2D eigenvalue weighted by Gasteiger charge is -2.22. The van der Waals surface area contributed by atoms with Crippen LogP contribution in [0.5, 0.6) is 0 Å². The second kappa shape index (κ2) is 8.59. The van der Waals surface area contributed by atoms with Crippen LogP contribution in [0.25, 0.3) is 0 Å². The van der Waals surface area contributed by atoms with E-state index in [1.54, 1.807) is 22.7 Å². The van der Waals surface area contributed by atoms with Gasteiger partial charge in [-0.1, -0.05) is 12.1 Å². The molecule has 1 aromatic carbocycles. The fourth-order valence-corrected chi connectivity index (χ4v) is 5.16. The standard InChI is InChI=1S/C21H30N4O3S/c1-5-24(15-17-8-10-18(11-9-17)22(2)3)21(26)20-14-19(16-23(20)4)29(27,28)25-12-6-7-13-25/h8-11,14,16H,5-7,12-13,15H2,1-4H3. The van der Waals surface area contributed by atoms with Crippen molar-refractivity contribution >= 4 is 21.6 Å². The molecule has 0 radical (unpaired) electrons. The summed E-state index contributed by atoms with van der Waals surface area (Å²) in [6.45, 7) is 4.03. The molecule has 1 saturated heterocycles. The Morgan fingerprint density at radius 1 is 1.10 bits per heavy atom. The Morgan fingerprint density at radius 3 is 2.28 bits per heavy atom. The van der Waals surface area contributed by atoms with Crippen molar-refractivity contribution < 1.29 is 13.2 Å². The summed E-state index contributed by atoms with van der Waals surface area (Å²) in [6, 6.07) is 9.58. The van der Waals surface area contributed by atoms with E-state index in [4.69, 9.17) is 0 Å². The Hall–Kier alpha value is -2.32. The zero-order valence-electron chi connectivity index (χ0n) is 17.6. The lowest BCUT2D eigenvalue weighted by molar-refractivity contribution is 0.0743. The average molecular weight is 419 g/mol. The number of sulfonamides is 1. The third-order valence-corrected chi connectivity index (χ3v) is 7.26. The van der Waals surface area contributed by atoms with Gasteiger partial charge < -0.3 is 14.4 Å². The highest BCUT2D eigenvalue weighted by atomic mass is 32.2. The lowest BCUT2D eigenvalue weighted by Crippen LogP contribution is -2.31. The van der Waals surface area contributed by atoms with E-state index < -0.39 is 10.0 Å². The van der Waals surface area contributed by atoms with Gasteiger partial charge in [-0.3, -0.25) is 4.79 Å². The number of nitrogens with zero attached hydrogens (tertiary/aromatic N) is 4. The molecule has 2 heterocycles. The Balaban J connectivity index is 1.80. The molecule has 0 unspecified atom stereocenters. The Bertz CT molecular complexity index is 958. The van der Waals surface area contributed by atoms with Crippen LogP contribution in [0.3, 0.4) is 0 Å². The number of amides is 1. The van der Waals surface area contributed by atoms with E-state index in [0.717, 1.165) is 24.1 Å². The van der Waals surface area contributed by atoms with Gasteiger partial charge in [-0.25, -0.2) is 8.42 Å². The van der Waals surface area contributed by atoms with E-state index in [-0.39, 0.29) is 10.8 Å². The van der Waals surface area contributed by atoms with Gasteiger partial charge in [0.1, 0.15) is 10.6 Å². The highest BCUT2D eigenvalue weighted by Gasteiger charge is 2.30. The normalized spacial score (nSPS) is 14.9. The minimum absolute atomic E-state index is 0.172. The highest BCUT2D eigenvalue weighted by molar-refractivity contribution is 7.89. The van der Waals surface area contributed by atoms with Crippen molar-refractivity contribution in [1.29, 1.82) is 0 Å². The number of aryl methyl sites for hydroxylation is 1. The summed E-state index contributed by atoms with van der Waals surface area (Å²) < 4.78 is 28.8. The molecule has 1 aliphatic rings. The molecule has 0 saturated carbocycles. The van der Waals surface area contributed by atoms with Gasteiger partial charge in [0, 0.05) is 59.2 Å². The number of hydrogen-bond donors (Lipinski definition) is 0. The molecular formula is C21H30N4O3S. The summed E-state index contributed by atoms with van der Waals surface area (Å²) in [5, 5.41) is 0. The van der Waals surface area contributed by atoms with E-state index in [1.165, 1.54) is 10.4 Å². The minimum Gasteiger partial charge on any atom is -0.378 e. The van der Waals surface area contributed by atoms with Crippen molar-refractivity contribution in [2.45, 2.75) is 31.2 Å². The molecule has 0 spiro atoms. The topological polar surface area (TPSA) is 65.9 Å². The molecule has 7 nitrogen and oxygen atoms in total. The molecule has 1 amide bonds. The van der Waals surface area contributed by atoms with Gasteiger partial charge in [-0.05, 0) is 43.5 Å². The first-order chi connectivity index (χ1) is 13.7. The number of aromatic nitrogens is 1. The van der Waals surface area contributed by atoms with Gasteiger partial charge in [0.05, 0.1) is 0 Å². The molecule has 1 aliphatic heterocycles. The largest absolute Gasteiger partial charge is 0.378 e. The monoisotopic (exact) mass is 418 g/mol. The van der Waals surface area contributed by atoms with Crippen LogP contribution in [-0.2, 0) is 23.6 Å². The molecule has 0 N–H and O–H groups in total. The van der Waals surface area contributed by atoms with Crippen LogP contribution in [0.15, 0.2) is 41.4 Å². The summed E-state index contributed by atoms with van der Waals surface area (Å²) in [7, 11) is 2.15. The Morgan fingerprint density at radius 2 is 1.72 bits per heavy atom. The van der Waals surface area contributed by atoms with Crippen molar-refractivity contribution in [2.24, 2.45) is 7.05 Å². The van der Waals surface area contributed by atoms with Crippen LogP contribution in [0.2, 0.25) is 0 Å². The number of rotatable bonds is 7. The highest BCUT2D eigenvalue weighted by Crippen LogP contribution is 2.23. The molecule has 8 heteroatoms. The SMILES string of the molecule is CCN(Cc1ccc(N(C)C)cc1)C(=O)c1cc(S(=O)(=O)N2CCCC2)cn1C. The van der Waals surface area contributed by atoms with Crippen LogP contribution in [0.1, 0.15) is 35.8 Å². The molecule has 158 valence electrons. The molecule has 1 aromatic heterocycles. The van der Waals surface area contributed by atoms with Gasteiger partial charge >= 0.3 is 0 Å². The zero-order chi connectivity index (χ0) is 21.2. The zero-order valence-corrected chi connectivity index (χ0v) is 18.4. The second-order valence-electron chi connectivity index (χ2n) is 7.66. The van der Waals surface area contributed by atoms with Gasteiger partial charge in [-0.2, -0.15) is 4.31 Å². The predicted octanol–water partition coefficient (Wildman–Crippen LogP) is 2.54. The van der Waals surface area contributed by atoms with Crippen molar-refractivity contribution in [3.63, 3.8) is 0 Å². The first-order valence-electron chi connectivity index (χ1n) is 9.96. The van der Waals surface area contributed by atoms with Crippen molar-refractivity contribution in [3.05, 3.63) is 47.8 Å². The summed E-state index contributed by atoms with van der Waals surface area (Å²) in [6.07, 6.45) is 3.31. The lowest BCUT2D eigenvalue weighted by atomic mass is 10.2. The number of hydrogen-bond acceptors (Lipinski definition) is 4. The molecule has 3 rings (SSSR count). The summed E-state index contributed by atoms with van der Waals surface area (Å²) >= 11 is 0. The Labute approximate surface area is 173 Å². The second-order valence-corrected chi connectivity index (χ2v) is 9.60. The maximum atomic E-state index is 13.1. The van der Waals surface area contributed by atoms with Crippen LogP contribution in [-0.4, -0.2) is 61.8 Å². The molecule has 1 fully saturated rings. The summed E-state index contributed by atoms with van der Waals surface area (Å²) in [5.41, 5.74) is 2.52. The van der Waals surface area contributed by atoms with E-state index in [9.17, 15) is 13.2 Å². The van der Waals surface area contributed by atoms with E-state index in [1.807, 2.05) is 50.2 Å². The first kappa shape index (κ1) is 21.4. The van der Waals surface area contributed by atoms with Gasteiger partial charge in [0.2, 0.25) is 10.0 Å². The quantitative estimate of drug-likeness (QED) is 0.693. The van der Waals surface area contributed by atoms with Crippen molar-refractivity contribution in [3.8, 4) is 0 Å². The van der Waals surface area contributed by atoms with Crippen LogP contribution in [0, 0.1) is 0 Å². The van der Waals surface area contributed by atoms with Crippen LogP contribution >= 0.6 is 0 Å². The minimum atomic E-state index is -3.54. The third kappa shape index (κ3) is 4.48. The average Bonchev–Trinajstić information content (AvgIpc) is 3.36. The number of carbonyl (C=O) groups is 1. The third-order valence-electron chi connectivity index (χ3n) is 5.40. The van der Waals surface area contributed by atoms with Crippen molar-refractivity contribution in [2.75, 3.05) is 38.6 Å². The first-order valence-corrected chi connectivity index (χ1v) is 11.4. The Kier molecular flexibility index (Phi) is 6.33. The molecular weight excluding hydrogens is 388 g/mol. The van der Waals surface area contributed by atoms with Crippen LogP contribution in [0.4, 0.5) is 5.69 Å². The van der Waals surface area contributed by atoms with Crippen LogP contribution < -0.4 is 4.90 Å². The van der Waals surface area contributed by atoms with Gasteiger partial charge in [0.25, 0.3) is 5.91 Å². The number of carbonyl (C=O) groups excluding carboxylic acids is 1. The fourth-order valence-electron chi connectivity index (χ4n) is 3.57.